The van der Waals surface area contributed by atoms with Crippen molar-refractivity contribution in [3.63, 3.8) is 0 Å². The van der Waals surface area contributed by atoms with Crippen molar-refractivity contribution in [1.29, 1.82) is 0 Å². The lowest BCUT2D eigenvalue weighted by Gasteiger charge is -2.15. The van der Waals surface area contributed by atoms with Gasteiger partial charge < -0.3 is 29.6 Å². The van der Waals surface area contributed by atoms with Gasteiger partial charge >= 0.3 is 6.61 Å². The van der Waals surface area contributed by atoms with Crippen molar-refractivity contribution in [1.82, 2.24) is 10.6 Å². The highest BCUT2D eigenvalue weighted by molar-refractivity contribution is 14.0. The Morgan fingerprint density at radius 3 is 2.54 bits per heavy atom. The molecule has 0 saturated carbocycles. The number of aliphatic imine (C=N–C) groups is 1. The highest BCUT2D eigenvalue weighted by atomic mass is 127. The van der Waals surface area contributed by atoms with Crippen LogP contribution in [0.1, 0.15) is 25.8 Å². The molecule has 1 aliphatic heterocycles. The molecule has 0 saturated heterocycles. The molecular weight excluding hydrogens is 487 g/mol. The maximum Gasteiger partial charge on any atom is 0.387 e. The van der Waals surface area contributed by atoms with E-state index in [1.807, 2.05) is 0 Å². The Bertz CT molecular complexity index is 633. The topological polar surface area (TPSA) is 73.3 Å². The Morgan fingerprint density at radius 1 is 1.18 bits per heavy atom. The highest BCUT2D eigenvalue weighted by Crippen LogP contribution is 2.38. The molecule has 10 heteroatoms. The zero-order chi connectivity index (χ0) is 19.6. The summed E-state index contributed by atoms with van der Waals surface area (Å²) in [5, 5.41) is 6.17. The van der Waals surface area contributed by atoms with Gasteiger partial charge in [-0.3, -0.25) is 4.99 Å². The number of nitrogens with zero attached hydrogens (tertiary/aromatic N) is 1. The van der Waals surface area contributed by atoms with E-state index in [4.69, 9.17) is 14.2 Å². The van der Waals surface area contributed by atoms with E-state index in [0.717, 1.165) is 13.0 Å². The van der Waals surface area contributed by atoms with E-state index in [0.29, 0.717) is 42.1 Å². The highest BCUT2D eigenvalue weighted by Gasteiger charge is 2.20. The minimum absolute atomic E-state index is 0. The molecule has 0 amide bonds. The van der Waals surface area contributed by atoms with Crippen LogP contribution in [0.5, 0.6) is 17.2 Å². The van der Waals surface area contributed by atoms with Crippen LogP contribution in [0.25, 0.3) is 0 Å². The second-order valence-electron chi connectivity index (χ2n) is 6.34. The SMILES string of the molecule is CN=C(NCCOCCC(C)C)NCc1cc2c(cc1OC(F)F)OCO2.I. The van der Waals surface area contributed by atoms with Crippen molar-refractivity contribution >= 4 is 29.9 Å². The van der Waals surface area contributed by atoms with E-state index in [-0.39, 0.29) is 43.1 Å². The number of fused-ring (bicyclic) bond motifs is 1. The maximum absolute atomic E-state index is 12.7. The first-order chi connectivity index (χ1) is 13.0. The van der Waals surface area contributed by atoms with Crippen molar-refractivity contribution < 1.29 is 27.7 Å². The number of guanidine groups is 1. The third-order valence-electron chi connectivity index (χ3n) is 3.82. The molecule has 0 atom stereocenters. The molecule has 0 aliphatic carbocycles. The van der Waals surface area contributed by atoms with Gasteiger partial charge in [-0.05, 0) is 18.4 Å². The summed E-state index contributed by atoms with van der Waals surface area (Å²) in [7, 11) is 1.63. The van der Waals surface area contributed by atoms with Gasteiger partial charge in [0.2, 0.25) is 6.79 Å². The van der Waals surface area contributed by atoms with Crippen LogP contribution in [0.3, 0.4) is 0 Å². The minimum atomic E-state index is -2.93. The van der Waals surface area contributed by atoms with E-state index < -0.39 is 6.61 Å². The molecule has 1 aliphatic rings. The molecule has 1 aromatic rings. The van der Waals surface area contributed by atoms with E-state index >= 15 is 0 Å². The van der Waals surface area contributed by atoms with E-state index in [1.54, 1.807) is 13.1 Å². The standard InChI is InChI=1S/C18H27F2N3O4.HI/c1-12(2)4-6-24-7-5-22-18(21-3)23-10-13-8-15-16(26-11-25-15)9-14(13)27-17(19)20;/h8-9,12,17H,4-7,10-11H2,1-3H3,(H2,21,22,23);1H. The minimum Gasteiger partial charge on any atom is -0.454 e. The molecule has 2 N–H and O–H groups in total. The van der Waals surface area contributed by atoms with Crippen LogP contribution in [-0.2, 0) is 11.3 Å². The summed E-state index contributed by atoms with van der Waals surface area (Å²) in [4.78, 5) is 4.11. The Hall–Kier alpha value is -1.56. The molecule has 160 valence electrons. The number of ether oxygens (including phenoxy) is 4. The number of nitrogens with one attached hydrogen (secondary N) is 2. The zero-order valence-corrected chi connectivity index (χ0v) is 18.6. The summed E-state index contributed by atoms with van der Waals surface area (Å²) >= 11 is 0. The molecule has 0 aromatic heterocycles. The fourth-order valence-corrected chi connectivity index (χ4v) is 2.37. The molecular formula is C18H28F2IN3O4. The average molecular weight is 515 g/mol. The second kappa shape index (κ2) is 12.8. The van der Waals surface area contributed by atoms with Crippen molar-refractivity contribution in [3.05, 3.63) is 17.7 Å². The quantitative estimate of drug-likeness (QED) is 0.216. The lowest BCUT2D eigenvalue weighted by molar-refractivity contribution is -0.0505. The van der Waals surface area contributed by atoms with Crippen LogP contribution in [0.2, 0.25) is 0 Å². The molecule has 0 bridgehead atoms. The third kappa shape index (κ3) is 8.21. The van der Waals surface area contributed by atoms with Crippen molar-refractivity contribution in [2.45, 2.75) is 33.4 Å². The predicted octanol–water partition coefficient (Wildman–Crippen LogP) is 3.36. The molecule has 1 aromatic carbocycles. The number of rotatable bonds is 10. The first kappa shape index (κ1) is 24.5. The molecule has 28 heavy (non-hydrogen) atoms. The monoisotopic (exact) mass is 515 g/mol. The molecule has 0 radical (unpaired) electrons. The molecule has 0 spiro atoms. The van der Waals surface area contributed by atoms with Crippen LogP contribution < -0.4 is 24.8 Å². The van der Waals surface area contributed by atoms with Crippen molar-refractivity contribution in [2.24, 2.45) is 10.9 Å². The Labute approximate surface area is 181 Å². The van der Waals surface area contributed by atoms with E-state index in [2.05, 4.69) is 34.2 Å². The van der Waals surface area contributed by atoms with Gasteiger partial charge in [0.1, 0.15) is 5.75 Å². The summed E-state index contributed by atoms with van der Waals surface area (Å²) in [6, 6.07) is 3.03. The van der Waals surface area contributed by atoms with Gasteiger partial charge in [0.15, 0.2) is 17.5 Å². The summed E-state index contributed by atoms with van der Waals surface area (Å²) in [5.41, 5.74) is 0.510. The normalized spacial score (nSPS) is 12.9. The number of alkyl halides is 2. The van der Waals surface area contributed by atoms with Gasteiger partial charge in [0, 0.05) is 38.4 Å². The summed E-state index contributed by atoms with van der Waals surface area (Å²) in [6.07, 6.45) is 1.02. The molecule has 1 heterocycles. The summed E-state index contributed by atoms with van der Waals surface area (Å²) < 4.78 is 46.0. The van der Waals surface area contributed by atoms with Gasteiger partial charge in [-0.2, -0.15) is 8.78 Å². The first-order valence-corrected chi connectivity index (χ1v) is 8.89. The van der Waals surface area contributed by atoms with Crippen LogP contribution in [0.4, 0.5) is 8.78 Å². The Kier molecular flexibility index (Phi) is 11.2. The third-order valence-corrected chi connectivity index (χ3v) is 3.82. The van der Waals surface area contributed by atoms with Crippen LogP contribution >= 0.6 is 24.0 Å². The van der Waals surface area contributed by atoms with Gasteiger partial charge in [0.25, 0.3) is 0 Å². The fourth-order valence-electron chi connectivity index (χ4n) is 2.37. The van der Waals surface area contributed by atoms with Crippen molar-refractivity contribution in [2.75, 3.05) is 33.6 Å². The smallest absolute Gasteiger partial charge is 0.387 e. The average Bonchev–Trinajstić information content (AvgIpc) is 3.06. The van der Waals surface area contributed by atoms with Crippen LogP contribution in [0.15, 0.2) is 17.1 Å². The number of hydrogen-bond acceptors (Lipinski definition) is 5. The van der Waals surface area contributed by atoms with E-state index in [9.17, 15) is 8.78 Å². The Balaban J connectivity index is 0.00000392. The summed E-state index contributed by atoms with van der Waals surface area (Å²) in [5.74, 6) is 2.06. The molecule has 0 fully saturated rings. The number of halogens is 3. The number of benzene rings is 1. The van der Waals surface area contributed by atoms with E-state index in [1.165, 1.54) is 6.07 Å². The molecule has 0 unspecified atom stereocenters. The van der Waals surface area contributed by atoms with Crippen LogP contribution in [-0.4, -0.2) is 46.2 Å². The zero-order valence-electron chi connectivity index (χ0n) is 16.3. The molecule has 2 rings (SSSR count). The van der Waals surface area contributed by atoms with Gasteiger partial charge in [-0.25, -0.2) is 0 Å². The Morgan fingerprint density at radius 2 is 1.89 bits per heavy atom. The maximum atomic E-state index is 12.7. The molecule has 7 nitrogen and oxygen atoms in total. The largest absolute Gasteiger partial charge is 0.454 e. The van der Waals surface area contributed by atoms with Crippen LogP contribution in [0, 0.1) is 5.92 Å². The lowest BCUT2D eigenvalue weighted by atomic mass is 10.1. The predicted molar refractivity (Wildman–Crippen MR) is 113 cm³/mol. The van der Waals surface area contributed by atoms with Gasteiger partial charge in [-0.1, -0.05) is 13.8 Å². The van der Waals surface area contributed by atoms with Gasteiger partial charge in [-0.15, -0.1) is 24.0 Å². The summed E-state index contributed by atoms with van der Waals surface area (Å²) in [6.45, 7) is 3.51. The van der Waals surface area contributed by atoms with Crippen molar-refractivity contribution in [3.8, 4) is 17.2 Å². The second-order valence-corrected chi connectivity index (χ2v) is 6.34. The fraction of sp³-hybridized carbons (Fsp3) is 0.611. The first-order valence-electron chi connectivity index (χ1n) is 8.89. The lowest BCUT2D eigenvalue weighted by Crippen LogP contribution is -2.38. The number of hydrogen-bond donors (Lipinski definition) is 2. The van der Waals surface area contributed by atoms with Gasteiger partial charge in [0.05, 0.1) is 6.61 Å².